The van der Waals surface area contributed by atoms with Crippen molar-refractivity contribution in [2.75, 3.05) is 0 Å². The topological polar surface area (TPSA) is 66.8 Å². The molecule has 4 heteroatoms. The molecule has 0 aromatic rings. The summed E-state index contributed by atoms with van der Waals surface area (Å²) >= 11 is 0. The fourth-order valence-corrected chi connectivity index (χ4v) is 1.22. The first kappa shape index (κ1) is 8.49. The highest BCUT2D eigenvalue weighted by Crippen LogP contribution is 2.25. The molecule has 0 aromatic carbocycles. The summed E-state index contributed by atoms with van der Waals surface area (Å²) in [6.45, 7) is 2.98. The lowest BCUT2D eigenvalue weighted by Gasteiger charge is -2.36. The number of ether oxygens (including phenoxy) is 1. The molecule has 0 spiro atoms. The Kier molecular flexibility index (Phi) is 1.90. The number of carbonyl (C=O) groups is 1. The van der Waals surface area contributed by atoms with Gasteiger partial charge in [-0.3, -0.25) is 4.79 Å². The lowest BCUT2D eigenvalue weighted by atomic mass is 9.89. The van der Waals surface area contributed by atoms with E-state index in [2.05, 4.69) is 4.74 Å². The molecular weight excluding hydrogens is 148 g/mol. The van der Waals surface area contributed by atoms with Crippen molar-refractivity contribution in [2.45, 2.75) is 38.1 Å². The van der Waals surface area contributed by atoms with Crippen LogP contribution in [0, 0.1) is 0 Å². The molecule has 1 fully saturated rings. The number of rotatable bonds is 0. The van der Waals surface area contributed by atoms with Crippen molar-refractivity contribution in [3.63, 3.8) is 0 Å². The molecule has 0 amide bonds. The number of hydrogen-bond acceptors (Lipinski definition) is 4. The van der Waals surface area contributed by atoms with Gasteiger partial charge in [0.25, 0.3) is 0 Å². The third-order valence-corrected chi connectivity index (χ3v) is 1.90. The number of aliphatic hydroxyl groups excluding tert-OH is 1. The van der Waals surface area contributed by atoms with Crippen molar-refractivity contribution in [1.82, 2.24) is 0 Å². The highest BCUT2D eigenvalue weighted by atomic mass is 16.6. The molecule has 1 saturated heterocycles. The average molecular weight is 160 g/mol. The fraction of sp³-hybridized carbons (Fsp3) is 0.857. The summed E-state index contributed by atoms with van der Waals surface area (Å²) in [6.07, 6.45) is -1.75. The maximum Gasteiger partial charge on any atom is 0.309 e. The van der Waals surface area contributed by atoms with Crippen molar-refractivity contribution in [1.29, 1.82) is 0 Å². The number of carbonyl (C=O) groups excluding carboxylic acids is 1. The number of aliphatic hydroxyl groups is 2. The first-order valence-corrected chi connectivity index (χ1v) is 3.53. The van der Waals surface area contributed by atoms with Crippen LogP contribution in [0.15, 0.2) is 0 Å². The van der Waals surface area contributed by atoms with Gasteiger partial charge in [0.05, 0.1) is 6.42 Å². The van der Waals surface area contributed by atoms with Crippen molar-refractivity contribution >= 4 is 5.97 Å². The first-order chi connectivity index (χ1) is 4.93. The van der Waals surface area contributed by atoms with Gasteiger partial charge in [0.2, 0.25) is 0 Å². The quantitative estimate of drug-likeness (QED) is 0.466. The second-order valence-corrected chi connectivity index (χ2v) is 3.17. The van der Waals surface area contributed by atoms with E-state index < -0.39 is 23.8 Å². The Hall–Kier alpha value is -0.610. The third-order valence-electron chi connectivity index (χ3n) is 1.90. The number of cyclic esters (lactones) is 1. The molecule has 0 unspecified atom stereocenters. The van der Waals surface area contributed by atoms with Gasteiger partial charge in [-0.2, -0.15) is 0 Å². The summed E-state index contributed by atoms with van der Waals surface area (Å²) in [5, 5.41) is 18.7. The molecule has 4 nitrogen and oxygen atoms in total. The van der Waals surface area contributed by atoms with Crippen LogP contribution in [-0.4, -0.2) is 34.0 Å². The monoisotopic (exact) mass is 160 g/mol. The lowest BCUT2D eigenvalue weighted by molar-refractivity contribution is -0.193. The molecule has 3 atom stereocenters. The molecule has 0 bridgehead atoms. The molecule has 1 heterocycles. The van der Waals surface area contributed by atoms with Crippen LogP contribution in [0.25, 0.3) is 0 Å². The average Bonchev–Trinajstić information content (AvgIpc) is 1.81. The Morgan fingerprint density at radius 2 is 2.27 bits per heavy atom. The highest BCUT2D eigenvalue weighted by Gasteiger charge is 2.42. The number of esters is 1. The number of hydrogen-bond donors (Lipinski definition) is 2. The summed E-state index contributed by atoms with van der Waals surface area (Å²) in [5.74, 6) is -0.465. The van der Waals surface area contributed by atoms with Crippen LogP contribution in [0.1, 0.15) is 20.3 Å². The Bertz CT molecular complexity index is 175. The van der Waals surface area contributed by atoms with Crippen LogP contribution in [0.4, 0.5) is 0 Å². The molecule has 11 heavy (non-hydrogen) atoms. The first-order valence-electron chi connectivity index (χ1n) is 3.53. The second-order valence-electron chi connectivity index (χ2n) is 3.17. The van der Waals surface area contributed by atoms with E-state index in [1.807, 2.05) is 0 Å². The van der Waals surface area contributed by atoms with E-state index in [0.717, 1.165) is 0 Å². The summed E-state index contributed by atoms with van der Waals surface area (Å²) in [5.41, 5.74) is -1.34. The normalized spacial score (nSPS) is 45.3. The largest absolute Gasteiger partial charge is 0.460 e. The van der Waals surface area contributed by atoms with E-state index in [1.165, 1.54) is 6.92 Å². The molecule has 1 aliphatic heterocycles. The summed E-state index contributed by atoms with van der Waals surface area (Å²) in [7, 11) is 0. The van der Waals surface area contributed by atoms with Crippen LogP contribution in [0.5, 0.6) is 0 Å². The van der Waals surface area contributed by atoms with Crippen LogP contribution >= 0.6 is 0 Å². The standard InChI is InChI=1S/C7H12O4/c1-4-6(9)7(2,10)3-5(8)11-4/h4,6,9-10H,3H2,1-2H3/t4-,6+,7-/m0/s1. The minimum absolute atomic E-state index is 0.140. The lowest BCUT2D eigenvalue weighted by Crippen LogP contribution is -2.53. The summed E-state index contributed by atoms with van der Waals surface area (Å²) < 4.78 is 4.69. The zero-order valence-electron chi connectivity index (χ0n) is 6.57. The molecule has 0 saturated carbocycles. The molecule has 0 aliphatic carbocycles. The molecule has 0 aromatic heterocycles. The maximum absolute atomic E-state index is 10.7. The van der Waals surface area contributed by atoms with E-state index >= 15 is 0 Å². The molecule has 2 N–H and O–H groups in total. The highest BCUT2D eigenvalue weighted by molar-refractivity contribution is 5.72. The fourth-order valence-electron chi connectivity index (χ4n) is 1.22. The van der Waals surface area contributed by atoms with Crippen LogP contribution in [0.3, 0.4) is 0 Å². The Balaban J connectivity index is 2.75. The Morgan fingerprint density at radius 3 is 2.73 bits per heavy atom. The van der Waals surface area contributed by atoms with Gasteiger partial charge in [0.15, 0.2) is 0 Å². The van der Waals surface area contributed by atoms with Crippen LogP contribution in [-0.2, 0) is 9.53 Å². The predicted molar refractivity (Wildman–Crippen MR) is 36.8 cm³/mol. The Morgan fingerprint density at radius 1 is 1.73 bits per heavy atom. The van der Waals surface area contributed by atoms with E-state index in [0.29, 0.717) is 0 Å². The second kappa shape index (κ2) is 2.46. The van der Waals surface area contributed by atoms with E-state index in [4.69, 9.17) is 0 Å². The zero-order chi connectivity index (χ0) is 8.65. The van der Waals surface area contributed by atoms with Gasteiger partial charge >= 0.3 is 5.97 Å². The predicted octanol–water partition coefficient (Wildman–Crippen LogP) is -0.566. The van der Waals surface area contributed by atoms with Crippen molar-refractivity contribution in [3.05, 3.63) is 0 Å². The maximum atomic E-state index is 10.7. The smallest absolute Gasteiger partial charge is 0.309 e. The van der Waals surface area contributed by atoms with Gasteiger partial charge in [-0.05, 0) is 13.8 Å². The van der Waals surface area contributed by atoms with Crippen LogP contribution < -0.4 is 0 Å². The summed E-state index contributed by atoms with van der Waals surface area (Å²) in [4.78, 5) is 10.7. The zero-order valence-corrected chi connectivity index (χ0v) is 6.57. The molecular formula is C7H12O4. The summed E-state index contributed by atoms with van der Waals surface area (Å²) in [6, 6.07) is 0. The van der Waals surface area contributed by atoms with E-state index in [-0.39, 0.29) is 6.42 Å². The van der Waals surface area contributed by atoms with Gasteiger partial charge in [-0.1, -0.05) is 0 Å². The minimum Gasteiger partial charge on any atom is -0.460 e. The Labute approximate surface area is 64.8 Å². The molecule has 0 radical (unpaired) electrons. The van der Waals surface area contributed by atoms with Gasteiger partial charge in [-0.25, -0.2) is 0 Å². The van der Waals surface area contributed by atoms with Crippen molar-refractivity contribution in [3.8, 4) is 0 Å². The van der Waals surface area contributed by atoms with Crippen molar-refractivity contribution < 1.29 is 19.7 Å². The molecule has 1 aliphatic rings. The van der Waals surface area contributed by atoms with Gasteiger partial charge in [0, 0.05) is 0 Å². The SMILES string of the molecule is C[C@@H]1OC(=O)C[C@](C)(O)[C@@H]1O. The van der Waals surface area contributed by atoms with Gasteiger partial charge < -0.3 is 14.9 Å². The van der Waals surface area contributed by atoms with Crippen LogP contribution in [0.2, 0.25) is 0 Å². The van der Waals surface area contributed by atoms with E-state index in [1.54, 1.807) is 6.92 Å². The molecule has 1 rings (SSSR count). The van der Waals surface area contributed by atoms with Crippen molar-refractivity contribution in [2.24, 2.45) is 0 Å². The van der Waals surface area contributed by atoms with Gasteiger partial charge in [0.1, 0.15) is 17.8 Å². The third kappa shape index (κ3) is 1.52. The van der Waals surface area contributed by atoms with Gasteiger partial charge in [-0.15, -0.1) is 0 Å². The molecule has 64 valence electrons. The van der Waals surface area contributed by atoms with E-state index in [9.17, 15) is 15.0 Å². The minimum atomic E-state index is -1.34.